The van der Waals surface area contributed by atoms with Gasteiger partial charge in [-0.15, -0.1) is 34.0 Å². The maximum absolute atomic E-state index is 12.7. The van der Waals surface area contributed by atoms with Crippen LogP contribution in [0.25, 0.3) is 46.9 Å². The van der Waals surface area contributed by atoms with E-state index in [0.717, 1.165) is 16.3 Å². The van der Waals surface area contributed by atoms with Crippen LogP contribution in [0, 0.1) is 11.3 Å². The van der Waals surface area contributed by atoms with E-state index in [9.17, 15) is 14.4 Å². The number of nitrogen functional groups attached to an aromatic ring is 1. The maximum atomic E-state index is 12.7. The number of nitriles is 1. The van der Waals surface area contributed by atoms with Gasteiger partial charge in [0.1, 0.15) is 74.8 Å². The lowest BCUT2D eigenvalue weighted by molar-refractivity contribution is 0.0598. The van der Waals surface area contributed by atoms with Gasteiger partial charge in [0.2, 0.25) is 0 Å². The molecule has 0 amide bonds. The largest absolute Gasteiger partial charge is 0.497 e. The molecule has 0 saturated heterocycles. The third-order valence-electron chi connectivity index (χ3n) is 7.95. The molecule has 0 unspecified atom stereocenters. The quantitative estimate of drug-likeness (QED) is 0.0964. The molecule has 8 heterocycles. The Kier molecular flexibility index (Phi) is 17.8. The summed E-state index contributed by atoms with van der Waals surface area (Å²) in [5, 5.41) is 8.43. The van der Waals surface area contributed by atoms with E-state index in [1.165, 1.54) is 77.7 Å². The first kappa shape index (κ1) is 50.0. The summed E-state index contributed by atoms with van der Waals surface area (Å²) >= 11 is 9.15. The zero-order valence-corrected chi connectivity index (χ0v) is 36.7. The van der Waals surface area contributed by atoms with Crippen LogP contribution in [0.5, 0.6) is 5.75 Å². The molecule has 9 rings (SSSR count). The summed E-state index contributed by atoms with van der Waals surface area (Å²) in [6, 6.07) is 9.03. The van der Waals surface area contributed by atoms with E-state index < -0.39 is 11.9 Å². The monoisotopic (exact) mass is 954 g/mol. The Balaban J connectivity index is 0.000000196. The van der Waals surface area contributed by atoms with E-state index in [-0.39, 0.29) is 31.3 Å². The van der Waals surface area contributed by atoms with E-state index in [1.807, 2.05) is 26.2 Å². The number of carbonyl (C=O) groups excluding carboxylic acids is 2. The van der Waals surface area contributed by atoms with Crippen molar-refractivity contribution in [1.82, 2.24) is 54.3 Å². The lowest BCUT2D eigenvalue weighted by Gasteiger charge is -2.06. The minimum atomic E-state index is -0.452. The van der Waals surface area contributed by atoms with Gasteiger partial charge in [-0.2, -0.15) is 5.26 Å². The Labute approximate surface area is 387 Å². The first-order valence-electron chi connectivity index (χ1n) is 17.7. The summed E-state index contributed by atoms with van der Waals surface area (Å²) in [4.78, 5) is 81.1. The van der Waals surface area contributed by atoms with Crippen molar-refractivity contribution >= 4 is 117 Å². The van der Waals surface area contributed by atoms with Gasteiger partial charge >= 0.3 is 11.9 Å². The molecular weight excluding hydrogens is 916 g/mol. The number of thiophene rings is 3. The number of nitrogens with zero attached hydrogens (tertiary/aromatic N) is 13. The number of fused-ring (bicyclic) bond motifs is 5. The number of aliphatic imine (C=N–C) groups is 1. The topological polar surface area (TPSA) is 265 Å². The number of rotatable bonds is 6. The van der Waals surface area contributed by atoms with Crippen molar-refractivity contribution in [2.24, 2.45) is 4.99 Å². The molecule has 1 aromatic carbocycles. The number of halogens is 1. The number of methoxy groups -OCH3 is 3. The van der Waals surface area contributed by atoms with Crippen molar-refractivity contribution in [3.8, 4) is 17.5 Å². The summed E-state index contributed by atoms with van der Waals surface area (Å²) < 4.78 is 16.5. The van der Waals surface area contributed by atoms with Gasteiger partial charge in [0.25, 0.3) is 5.56 Å². The zero-order valence-electron chi connectivity index (χ0n) is 33.5. The summed E-state index contributed by atoms with van der Waals surface area (Å²) in [6.45, 7) is 0. The molecule has 20 nitrogen and oxygen atoms in total. The molecule has 0 aliphatic heterocycles. The number of esters is 2. The third kappa shape index (κ3) is 11.5. The van der Waals surface area contributed by atoms with Crippen LogP contribution in [0.15, 0.2) is 90.0 Å². The van der Waals surface area contributed by atoms with Gasteiger partial charge in [0.15, 0.2) is 10.8 Å². The van der Waals surface area contributed by atoms with Gasteiger partial charge in [-0.1, -0.05) is 26.5 Å². The molecule has 334 valence electrons. The number of hydrogen-bond donors (Lipinski definition) is 1. The van der Waals surface area contributed by atoms with E-state index in [1.54, 1.807) is 67.5 Å². The molecule has 0 spiro atoms. The molecule has 0 atom stereocenters. The minimum absolute atomic E-state index is 0. The summed E-state index contributed by atoms with van der Waals surface area (Å²) in [7, 11) is 7.95. The van der Waals surface area contributed by atoms with Gasteiger partial charge in [0.05, 0.1) is 39.0 Å². The highest BCUT2D eigenvalue weighted by Gasteiger charge is 2.21. The van der Waals surface area contributed by atoms with Crippen molar-refractivity contribution in [2.75, 3.05) is 41.2 Å². The molecule has 0 aliphatic carbocycles. The summed E-state index contributed by atoms with van der Waals surface area (Å²) in [5.41, 5.74) is 9.77. The van der Waals surface area contributed by atoms with Crippen LogP contribution in [0.3, 0.4) is 0 Å². The van der Waals surface area contributed by atoms with Gasteiger partial charge in [-0.3, -0.25) is 9.36 Å². The van der Waals surface area contributed by atoms with Crippen molar-refractivity contribution in [1.29, 1.82) is 5.26 Å². The molecule has 0 saturated carbocycles. The SMILES string of the molecule is C.C.COC(=O)c1sc2nccnc2c1N.COC(=O)c1sc2nccnc2c1N=CN(C)C.COc1ccc(-n2cnc3c(sc4nccnc43)c2=O)cc1.N#Cc1nccnc1Cl. The van der Waals surface area contributed by atoms with Crippen LogP contribution >= 0.6 is 45.6 Å². The highest BCUT2D eigenvalue weighted by Crippen LogP contribution is 2.36. The second kappa shape index (κ2) is 23.2. The van der Waals surface area contributed by atoms with Crippen molar-refractivity contribution in [3.05, 3.63) is 111 Å². The molecule has 0 aliphatic rings. The predicted octanol–water partition coefficient (Wildman–Crippen LogP) is 7.43. The van der Waals surface area contributed by atoms with Crippen LogP contribution in [-0.2, 0) is 9.47 Å². The van der Waals surface area contributed by atoms with Crippen molar-refractivity contribution in [2.45, 2.75) is 14.9 Å². The van der Waals surface area contributed by atoms with E-state index >= 15 is 0 Å². The first-order valence-corrected chi connectivity index (χ1v) is 20.5. The average Bonchev–Trinajstić information content (AvgIpc) is 4.00. The number of hydrogen-bond acceptors (Lipinski definition) is 21. The summed E-state index contributed by atoms with van der Waals surface area (Å²) in [6.07, 6.45) is 15.4. The Morgan fingerprint density at radius 3 is 1.82 bits per heavy atom. The Morgan fingerprint density at radius 1 is 0.738 bits per heavy atom. The molecular formula is C41H39ClN14O6S3. The van der Waals surface area contributed by atoms with E-state index in [0.29, 0.717) is 57.6 Å². The molecule has 0 bridgehead atoms. The maximum Gasteiger partial charge on any atom is 0.350 e. The number of nitrogens with two attached hydrogens (primary N) is 1. The Hall–Kier alpha value is -7.65. The normalized spacial score (nSPS) is 10.2. The first-order chi connectivity index (χ1) is 30.5. The lowest BCUT2D eigenvalue weighted by Crippen LogP contribution is -2.17. The highest BCUT2D eigenvalue weighted by atomic mass is 35.5. The van der Waals surface area contributed by atoms with Crippen molar-refractivity contribution < 1.29 is 23.8 Å². The van der Waals surface area contributed by atoms with Gasteiger partial charge in [-0.05, 0) is 24.3 Å². The van der Waals surface area contributed by atoms with Gasteiger partial charge in [0, 0.05) is 63.7 Å². The second-order valence-electron chi connectivity index (χ2n) is 12.2. The molecule has 24 heteroatoms. The fourth-order valence-electron chi connectivity index (χ4n) is 5.11. The number of ether oxygens (including phenoxy) is 3. The number of benzene rings is 1. The van der Waals surface area contributed by atoms with E-state index in [2.05, 4.69) is 54.6 Å². The fraction of sp³-hybridized carbons (Fsp3) is 0.171. The average molecular weight is 956 g/mol. The third-order valence-corrected chi connectivity index (χ3v) is 11.4. The highest BCUT2D eigenvalue weighted by molar-refractivity contribution is 7.25. The zero-order chi connectivity index (χ0) is 45.0. The smallest absolute Gasteiger partial charge is 0.350 e. The molecule has 0 radical (unpaired) electrons. The van der Waals surface area contributed by atoms with Gasteiger partial charge < -0.3 is 24.8 Å². The van der Waals surface area contributed by atoms with Crippen LogP contribution in [0.2, 0.25) is 5.15 Å². The standard InChI is InChI=1S/C15H10N4O2S.C11H12N4O2S.C8H7N3O2S.C5H2ClN3.2CH4/c1-21-10-4-2-9(3-5-10)19-8-18-11-12-14(17-7-6-16-12)22-13(11)15(19)20;1-15(2)6-14-7-8-10(13-5-4-12-8)18-9(7)11(16)17-3;1-13-8(12)6-4(9)5-7(14-6)11-3-2-10-5;6-5-4(3-7)8-1-2-9-5;;/h2-8H,1H3;4-6H,1-3H3;2-3H,9H2,1H3;1-2H;2*1H4. The number of carbonyl (C=O) groups is 2. The molecule has 65 heavy (non-hydrogen) atoms. The molecule has 2 N–H and O–H groups in total. The minimum Gasteiger partial charge on any atom is -0.497 e. The molecule has 8 aromatic heterocycles. The second-order valence-corrected chi connectivity index (χ2v) is 15.5. The Bertz CT molecular complexity index is 3200. The summed E-state index contributed by atoms with van der Waals surface area (Å²) in [5.74, 6) is -0.140. The predicted molar refractivity (Wildman–Crippen MR) is 254 cm³/mol. The van der Waals surface area contributed by atoms with Crippen LogP contribution in [0.1, 0.15) is 39.9 Å². The number of aromatic nitrogens is 10. The lowest BCUT2D eigenvalue weighted by atomic mass is 10.3. The van der Waals surface area contributed by atoms with Crippen molar-refractivity contribution in [3.63, 3.8) is 0 Å². The van der Waals surface area contributed by atoms with Crippen LogP contribution < -0.4 is 16.0 Å². The van der Waals surface area contributed by atoms with Crippen LogP contribution in [0.4, 0.5) is 11.4 Å². The fourth-order valence-corrected chi connectivity index (χ4v) is 8.14. The van der Waals surface area contributed by atoms with Gasteiger partial charge in [-0.25, -0.2) is 59.4 Å². The number of anilines is 1. The Morgan fingerprint density at radius 2 is 1.26 bits per heavy atom. The molecule has 9 aromatic rings. The van der Waals surface area contributed by atoms with Crippen LogP contribution in [-0.4, -0.2) is 108 Å². The van der Waals surface area contributed by atoms with E-state index in [4.69, 9.17) is 32.1 Å². The molecule has 0 fully saturated rings.